The van der Waals surface area contributed by atoms with Crippen molar-refractivity contribution in [3.05, 3.63) is 0 Å². The molecule has 0 aromatic heterocycles. The van der Waals surface area contributed by atoms with Crippen LogP contribution < -0.4 is 0 Å². The van der Waals surface area contributed by atoms with Gasteiger partial charge in [-0.25, -0.2) is 0 Å². The first-order valence-corrected chi connectivity index (χ1v) is 3.38. The number of fused-ring (bicyclic) bond motifs is 3. The van der Waals surface area contributed by atoms with E-state index in [9.17, 15) is 10.2 Å². The number of hydrogen-bond acceptors (Lipinski definition) is 4. The molecule has 3 saturated heterocycles. The third-order valence-corrected chi connectivity index (χ3v) is 2.06. The summed E-state index contributed by atoms with van der Waals surface area (Å²) in [7, 11) is 0. The predicted octanol–water partition coefficient (Wildman–Crippen LogP) is -1.49. The molecular formula is C6H10O4. The highest BCUT2D eigenvalue weighted by Gasteiger charge is 2.43. The highest BCUT2D eigenvalue weighted by Crippen LogP contribution is 2.23. The van der Waals surface area contributed by atoms with E-state index in [1.54, 1.807) is 0 Å². The lowest BCUT2D eigenvalue weighted by Gasteiger charge is -2.43. The Morgan fingerprint density at radius 2 is 1.30 bits per heavy atom. The first-order valence-electron chi connectivity index (χ1n) is 3.38. The number of ether oxygens (including phenoxy) is 2. The Labute approximate surface area is 58.4 Å². The van der Waals surface area contributed by atoms with Crippen LogP contribution in [0.15, 0.2) is 0 Å². The van der Waals surface area contributed by atoms with Crippen molar-refractivity contribution in [2.75, 3.05) is 13.2 Å². The molecule has 0 spiro atoms. The Balaban J connectivity index is 2.13. The quantitative estimate of drug-likeness (QED) is 0.437. The van der Waals surface area contributed by atoms with Gasteiger partial charge in [-0.05, 0) is 0 Å². The van der Waals surface area contributed by atoms with Crippen molar-refractivity contribution in [3.8, 4) is 0 Å². The SMILES string of the molecule is OC1C2COC(CO2)C1O. The first kappa shape index (κ1) is 6.54. The molecule has 4 atom stereocenters. The van der Waals surface area contributed by atoms with Gasteiger partial charge in [-0.3, -0.25) is 0 Å². The zero-order valence-electron chi connectivity index (χ0n) is 5.43. The van der Waals surface area contributed by atoms with Crippen LogP contribution in [0.3, 0.4) is 0 Å². The van der Waals surface area contributed by atoms with Gasteiger partial charge in [-0.2, -0.15) is 0 Å². The highest BCUT2D eigenvalue weighted by molar-refractivity contribution is 4.91. The minimum Gasteiger partial charge on any atom is -0.388 e. The van der Waals surface area contributed by atoms with Crippen molar-refractivity contribution in [2.24, 2.45) is 0 Å². The van der Waals surface area contributed by atoms with E-state index >= 15 is 0 Å². The Bertz CT molecular complexity index is 110. The summed E-state index contributed by atoms with van der Waals surface area (Å²) in [5, 5.41) is 18.4. The molecular weight excluding hydrogens is 136 g/mol. The monoisotopic (exact) mass is 146 g/mol. The van der Waals surface area contributed by atoms with Crippen LogP contribution in [0.25, 0.3) is 0 Å². The third kappa shape index (κ3) is 0.769. The lowest BCUT2D eigenvalue weighted by atomic mass is 9.97. The molecule has 0 aromatic carbocycles. The van der Waals surface area contributed by atoms with Crippen LogP contribution in [0, 0.1) is 0 Å². The summed E-state index contributed by atoms with van der Waals surface area (Å²) in [5.41, 5.74) is 0. The van der Waals surface area contributed by atoms with Crippen molar-refractivity contribution >= 4 is 0 Å². The van der Waals surface area contributed by atoms with Crippen LogP contribution in [0.4, 0.5) is 0 Å². The van der Waals surface area contributed by atoms with Crippen LogP contribution in [0.1, 0.15) is 0 Å². The molecule has 3 rings (SSSR count). The summed E-state index contributed by atoms with van der Waals surface area (Å²) < 4.78 is 10.2. The van der Waals surface area contributed by atoms with E-state index in [1.807, 2.05) is 0 Å². The lowest BCUT2D eigenvalue weighted by Crippen LogP contribution is -2.60. The zero-order chi connectivity index (χ0) is 7.14. The summed E-state index contributed by atoms with van der Waals surface area (Å²) in [4.78, 5) is 0. The van der Waals surface area contributed by atoms with Crippen molar-refractivity contribution in [1.82, 2.24) is 0 Å². The van der Waals surface area contributed by atoms with E-state index < -0.39 is 12.2 Å². The van der Waals surface area contributed by atoms with Crippen molar-refractivity contribution in [2.45, 2.75) is 24.4 Å². The Morgan fingerprint density at radius 3 is 1.50 bits per heavy atom. The average molecular weight is 146 g/mol. The molecule has 4 heteroatoms. The van der Waals surface area contributed by atoms with Crippen molar-refractivity contribution in [1.29, 1.82) is 0 Å². The largest absolute Gasteiger partial charge is 0.388 e. The Morgan fingerprint density at radius 1 is 0.900 bits per heavy atom. The maximum atomic E-state index is 9.21. The third-order valence-electron chi connectivity index (χ3n) is 2.06. The fraction of sp³-hybridized carbons (Fsp3) is 1.00. The minimum absolute atomic E-state index is 0.319. The maximum absolute atomic E-state index is 9.21. The summed E-state index contributed by atoms with van der Waals surface area (Å²) in [6, 6.07) is 0. The van der Waals surface area contributed by atoms with Gasteiger partial charge in [0.15, 0.2) is 0 Å². The van der Waals surface area contributed by atoms with E-state index in [0.29, 0.717) is 13.2 Å². The molecule has 0 aromatic rings. The van der Waals surface area contributed by atoms with Gasteiger partial charge in [-0.1, -0.05) is 0 Å². The molecule has 10 heavy (non-hydrogen) atoms. The van der Waals surface area contributed by atoms with Gasteiger partial charge in [-0.15, -0.1) is 0 Å². The van der Waals surface area contributed by atoms with Crippen molar-refractivity contribution in [3.63, 3.8) is 0 Å². The molecule has 0 radical (unpaired) electrons. The normalized spacial score (nSPS) is 53.4. The molecule has 58 valence electrons. The van der Waals surface area contributed by atoms with Crippen molar-refractivity contribution < 1.29 is 19.7 Å². The van der Waals surface area contributed by atoms with Crippen LogP contribution in [0.2, 0.25) is 0 Å². The van der Waals surface area contributed by atoms with Gasteiger partial charge in [0.05, 0.1) is 13.2 Å². The second-order valence-corrected chi connectivity index (χ2v) is 2.72. The van der Waals surface area contributed by atoms with Gasteiger partial charge in [0.25, 0.3) is 0 Å². The summed E-state index contributed by atoms with van der Waals surface area (Å²) in [6.07, 6.45) is -2.15. The zero-order valence-corrected chi connectivity index (χ0v) is 5.43. The molecule has 2 bridgehead atoms. The number of aliphatic hydroxyl groups excluding tert-OH is 2. The molecule has 4 nitrogen and oxygen atoms in total. The summed E-state index contributed by atoms with van der Waals surface area (Å²) in [6.45, 7) is 0.811. The van der Waals surface area contributed by atoms with E-state index in [4.69, 9.17) is 9.47 Å². The highest BCUT2D eigenvalue weighted by atomic mass is 16.6. The lowest BCUT2D eigenvalue weighted by molar-refractivity contribution is -0.265. The maximum Gasteiger partial charge on any atom is 0.111 e. The van der Waals surface area contributed by atoms with Gasteiger partial charge < -0.3 is 19.7 Å². The van der Waals surface area contributed by atoms with Gasteiger partial charge in [0, 0.05) is 0 Å². The fourth-order valence-electron chi connectivity index (χ4n) is 1.37. The van der Waals surface area contributed by atoms with E-state index in [0.717, 1.165) is 0 Å². The fourth-order valence-corrected chi connectivity index (χ4v) is 1.37. The summed E-state index contributed by atoms with van der Waals surface area (Å²) >= 11 is 0. The number of rotatable bonds is 0. The Kier molecular flexibility index (Phi) is 1.42. The minimum atomic E-state index is -0.757. The van der Waals surface area contributed by atoms with Crippen LogP contribution in [-0.2, 0) is 9.47 Å². The van der Waals surface area contributed by atoms with Gasteiger partial charge in [0.1, 0.15) is 24.4 Å². The molecule has 2 N–H and O–H groups in total. The molecule has 3 aliphatic heterocycles. The van der Waals surface area contributed by atoms with Gasteiger partial charge in [0.2, 0.25) is 0 Å². The van der Waals surface area contributed by atoms with E-state index in [2.05, 4.69) is 0 Å². The average Bonchev–Trinajstić information content (AvgIpc) is 2.00. The van der Waals surface area contributed by atoms with E-state index in [1.165, 1.54) is 0 Å². The van der Waals surface area contributed by atoms with E-state index in [-0.39, 0.29) is 12.2 Å². The molecule has 4 unspecified atom stereocenters. The first-order chi connectivity index (χ1) is 4.79. The van der Waals surface area contributed by atoms with Crippen LogP contribution in [0.5, 0.6) is 0 Å². The molecule has 3 fully saturated rings. The summed E-state index contributed by atoms with van der Waals surface area (Å²) in [5.74, 6) is 0. The van der Waals surface area contributed by atoms with Crippen LogP contribution >= 0.6 is 0 Å². The van der Waals surface area contributed by atoms with Crippen LogP contribution in [-0.4, -0.2) is 47.8 Å². The molecule has 3 aliphatic rings. The smallest absolute Gasteiger partial charge is 0.111 e. The second kappa shape index (κ2) is 2.17. The standard InChI is InChI=1S/C6H10O4/c7-5-3-1-9-4(2-10-3)6(5)8/h3-8H,1-2H2. The molecule has 0 amide bonds. The molecule has 0 saturated carbocycles. The molecule has 0 aliphatic carbocycles. The number of aliphatic hydroxyl groups is 2. The Hall–Kier alpha value is -0.160. The molecule has 3 heterocycles. The number of hydrogen-bond donors (Lipinski definition) is 2. The second-order valence-electron chi connectivity index (χ2n) is 2.72. The predicted molar refractivity (Wildman–Crippen MR) is 31.5 cm³/mol. The topological polar surface area (TPSA) is 58.9 Å². The van der Waals surface area contributed by atoms with Gasteiger partial charge >= 0.3 is 0 Å².